The van der Waals surface area contributed by atoms with Crippen LogP contribution < -0.4 is 61.6 Å². The summed E-state index contributed by atoms with van der Waals surface area (Å²) >= 11 is 0. The van der Waals surface area contributed by atoms with Crippen LogP contribution in [0.1, 0.15) is 5.56 Å². The summed E-state index contributed by atoms with van der Waals surface area (Å²) in [5.74, 6) is -0.782. The molecule has 0 aliphatic rings. The number of rotatable bonds is 4. The van der Waals surface area contributed by atoms with Crippen molar-refractivity contribution in [2.24, 2.45) is 0 Å². The molecule has 2 aromatic rings. The zero-order valence-electron chi connectivity index (χ0n) is 10.8. The quantitative estimate of drug-likeness (QED) is 0.589. The molecule has 0 aromatic heterocycles. The van der Waals surface area contributed by atoms with E-state index in [0.29, 0.717) is 0 Å². The van der Waals surface area contributed by atoms with Gasteiger partial charge in [0.1, 0.15) is 12.4 Å². The van der Waals surface area contributed by atoms with Gasteiger partial charge in [-0.2, -0.15) is 0 Å². The van der Waals surface area contributed by atoms with Crippen LogP contribution in [0.3, 0.4) is 0 Å². The zero-order chi connectivity index (χ0) is 13.9. The van der Waals surface area contributed by atoms with Gasteiger partial charge < -0.3 is 17.7 Å². The Balaban J connectivity index is 0.00000200. The Hall–Kier alpha value is -0.339. The van der Waals surface area contributed by atoms with E-state index in [1.54, 1.807) is 6.07 Å². The average Bonchev–Trinajstić information content (AvgIpc) is 2.37. The molecule has 0 unspecified atom stereocenters. The summed E-state index contributed by atoms with van der Waals surface area (Å²) in [4.78, 5) is 0. The van der Waals surface area contributed by atoms with Crippen molar-refractivity contribution < 1.29 is 73.5 Å². The fourth-order valence-corrected chi connectivity index (χ4v) is 1.65. The van der Waals surface area contributed by atoms with E-state index in [0.717, 1.165) is 6.07 Å². The zero-order valence-corrected chi connectivity index (χ0v) is 13.9. The van der Waals surface area contributed by atoms with Gasteiger partial charge in [0.05, 0.1) is 5.75 Å². The van der Waals surface area contributed by atoms with Crippen LogP contribution in [0.2, 0.25) is 0 Å². The van der Waals surface area contributed by atoms with Gasteiger partial charge >= 0.3 is 58.4 Å². The Kier molecular flexibility index (Phi) is 6.74. The van der Waals surface area contributed by atoms with Crippen molar-refractivity contribution >= 4 is 12.4 Å². The topological polar surface area (TPSA) is 9.23 Å². The van der Waals surface area contributed by atoms with E-state index < -0.39 is 18.3 Å². The van der Waals surface area contributed by atoms with E-state index in [4.69, 9.17) is 4.74 Å². The summed E-state index contributed by atoms with van der Waals surface area (Å²) in [6.45, 7) is -5.39. The van der Waals surface area contributed by atoms with Crippen molar-refractivity contribution in [2.45, 2.75) is 6.61 Å². The second-order valence-corrected chi connectivity index (χ2v) is 3.99. The maximum atomic E-state index is 13.3. The number of para-hydroxylation sites is 1. The number of hydrogen-bond acceptors (Lipinski definition) is 1. The predicted molar refractivity (Wildman–Crippen MR) is 65.9 cm³/mol. The smallest absolute Gasteiger partial charge is 0.492 e. The summed E-state index contributed by atoms with van der Waals surface area (Å²) in [6.07, 6.45) is 0. The molecule has 0 spiro atoms. The first kappa shape index (κ1) is 17.7. The molecule has 0 saturated heterocycles. The van der Waals surface area contributed by atoms with Gasteiger partial charge in [-0.25, -0.2) is 4.39 Å². The second kappa shape index (κ2) is 7.61. The number of halogens is 4. The van der Waals surface area contributed by atoms with Crippen LogP contribution in [0.25, 0.3) is 0 Å². The molecule has 0 saturated carbocycles. The average molecular weight is 308 g/mol. The van der Waals surface area contributed by atoms with E-state index in [2.05, 4.69) is 0 Å². The minimum atomic E-state index is -5.15. The van der Waals surface area contributed by atoms with Crippen molar-refractivity contribution in [1.29, 1.82) is 0 Å². The van der Waals surface area contributed by atoms with Gasteiger partial charge in [-0.1, -0.05) is 41.9 Å². The van der Waals surface area contributed by atoms with Crippen molar-refractivity contribution in [2.75, 3.05) is 0 Å². The Morgan fingerprint density at radius 1 is 0.900 bits per heavy atom. The molecule has 0 aliphatic heterocycles. The van der Waals surface area contributed by atoms with Crippen LogP contribution in [0, 0.1) is 5.82 Å². The molecule has 2 rings (SSSR count). The molecule has 0 atom stereocenters. The summed E-state index contributed by atoms with van der Waals surface area (Å²) in [7, 11) is 0. The van der Waals surface area contributed by atoms with Gasteiger partial charge in [-0.15, -0.1) is 0 Å². The molecule has 0 amide bonds. The molecule has 0 bridgehead atoms. The van der Waals surface area contributed by atoms with Crippen molar-refractivity contribution in [1.82, 2.24) is 0 Å². The summed E-state index contributed by atoms with van der Waals surface area (Å²) < 4.78 is 56.7. The first-order valence-electron chi connectivity index (χ1n) is 5.63. The van der Waals surface area contributed by atoms with Crippen LogP contribution in [0.4, 0.5) is 17.3 Å². The monoisotopic (exact) mass is 308 g/mol. The molecule has 0 N–H and O–H groups in total. The van der Waals surface area contributed by atoms with Gasteiger partial charge in [0, 0.05) is 5.56 Å². The molecule has 100 valence electrons. The van der Waals surface area contributed by atoms with Crippen molar-refractivity contribution in [3.63, 3.8) is 0 Å². The fourth-order valence-electron chi connectivity index (χ4n) is 1.65. The summed E-state index contributed by atoms with van der Waals surface area (Å²) in [5, 5.41) is 0. The van der Waals surface area contributed by atoms with Crippen LogP contribution >= 0.6 is 0 Å². The first-order chi connectivity index (χ1) is 8.98. The second-order valence-electron chi connectivity index (χ2n) is 3.99. The standard InChI is InChI=1S/C13H10BF4O.K/c15-12-7-3-1-5-10(12)9-19-13-8-4-2-6-11(13)14(16,17)18;/h1-8H,9H2;/q-1;+1. The normalized spacial score (nSPS) is 10.8. The molecule has 0 radical (unpaired) electrons. The third-order valence-corrected chi connectivity index (χ3v) is 2.61. The van der Waals surface area contributed by atoms with Gasteiger partial charge in [-0.3, -0.25) is 0 Å². The van der Waals surface area contributed by atoms with Crippen LogP contribution in [-0.4, -0.2) is 6.98 Å². The maximum Gasteiger partial charge on any atom is 1.00 e. The third-order valence-electron chi connectivity index (χ3n) is 2.61. The van der Waals surface area contributed by atoms with Crippen molar-refractivity contribution in [3.8, 4) is 5.75 Å². The molecule has 7 heteroatoms. The molecular weight excluding hydrogens is 298 g/mol. The molecule has 2 aromatic carbocycles. The van der Waals surface area contributed by atoms with E-state index in [-0.39, 0.29) is 69.3 Å². The third kappa shape index (κ3) is 4.60. The van der Waals surface area contributed by atoms with Gasteiger partial charge in [0.25, 0.3) is 0 Å². The van der Waals surface area contributed by atoms with Gasteiger partial charge in [0.15, 0.2) is 0 Å². The predicted octanol–water partition coefficient (Wildman–Crippen LogP) is 0.463. The van der Waals surface area contributed by atoms with E-state index in [9.17, 15) is 17.3 Å². The number of benzene rings is 2. The number of ether oxygens (including phenoxy) is 1. The number of hydrogen-bond donors (Lipinski definition) is 0. The van der Waals surface area contributed by atoms with E-state index in [1.807, 2.05) is 0 Å². The Bertz CT molecular complexity index is 574. The SMILES string of the molecule is Fc1ccccc1COc1ccccc1[B-](F)(F)F.[K+]. The largest absolute Gasteiger partial charge is 1.00 e. The molecule has 0 aliphatic carbocycles. The minimum absolute atomic E-state index is 0. The van der Waals surface area contributed by atoms with Crippen molar-refractivity contribution in [3.05, 3.63) is 59.9 Å². The molecule has 0 fully saturated rings. The fraction of sp³-hybridized carbons (Fsp3) is 0.0769. The molecule has 0 heterocycles. The molecule has 20 heavy (non-hydrogen) atoms. The van der Waals surface area contributed by atoms with Crippen LogP contribution in [0.15, 0.2) is 48.5 Å². The Labute approximate surface area is 156 Å². The van der Waals surface area contributed by atoms with E-state index >= 15 is 0 Å². The molecule has 1 nitrogen and oxygen atoms in total. The van der Waals surface area contributed by atoms with Crippen LogP contribution in [-0.2, 0) is 6.61 Å². The van der Waals surface area contributed by atoms with Gasteiger partial charge in [0.2, 0.25) is 0 Å². The molecular formula is C13H10BF4KO. The van der Waals surface area contributed by atoms with Crippen LogP contribution in [0.5, 0.6) is 5.75 Å². The maximum absolute atomic E-state index is 13.3. The van der Waals surface area contributed by atoms with Gasteiger partial charge in [-0.05, 0) is 12.1 Å². The Morgan fingerprint density at radius 3 is 2.15 bits per heavy atom. The first-order valence-corrected chi connectivity index (χ1v) is 5.63. The summed E-state index contributed by atoms with van der Waals surface area (Å²) in [5.41, 5.74) is -0.592. The Morgan fingerprint density at radius 2 is 1.50 bits per heavy atom. The summed E-state index contributed by atoms with van der Waals surface area (Å²) in [6, 6.07) is 10.7. The minimum Gasteiger partial charge on any atom is -0.492 e. The van der Waals surface area contributed by atoms with E-state index in [1.165, 1.54) is 36.4 Å².